The third kappa shape index (κ3) is 3.10. The maximum Gasteiger partial charge on any atom is 0.305 e. The molecule has 1 aromatic rings. The Kier molecular flexibility index (Phi) is 4.39. The highest BCUT2D eigenvalue weighted by Gasteiger charge is 2.36. The number of hydrogen-bond donors (Lipinski definition) is 2. The van der Waals surface area contributed by atoms with E-state index in [9.17, 15) is 14.4 Å². The van der Waals surface area contributed by atoms with Crippen molar-refractivity contribution in [1.29, 1.82) is 0 Å². The highest BCUT2D eigenvalue weighted by molar-refractivity contribution is 7.10. The molecule has 7 heteroatoms. The van der Waals surface area contributed by atoms with Gasteiger partial charge < -0.3 is 15.3 Å². The van der Waals surface area contributed by atoms with Gasteiger partial charge in [-0.1, -0.05) is 6.92 Å². The van der Waals surface area contributed by atoms with Gasteiger partial charge >= 0.3 is 5.97 Å². The van der Waals surface area contributed by atoms with E-state index in [1.54, 1.807) is 11.3 Å². The Morgan fingerprint density at radius 3 is 3.00 bits per heavy atom. The number of piperazine rings is 1. The van der Waals surface area contributed by atoms with Crippen LogP contribution >= 0.6 is 11.3 Å². The summed E-state index contributed by atoms with van der Waals surface area (Å²) in [5, 5.41) is 13.5. The number of carboxylic acid groups (broad SMARTS) is 1. The van der Waals surface area contributed by atoms with E-state index in [1.807, 2.05) is 5.38 Å². The second-order valence-electron chi connectivity index (χ2n) is 6.30. The van der Waals surface area contributed by atoms with Gasteiger partial charge in [0.15, 0.2) is 0 Å². The van der Waals surface area contributed by atoms with Crippen molar-refractivity contribution in [3.05, 3.63) is 21.4 Å². The summed E-state index contributed by atoms with van der Waals surface area (Å²) >= 11 is 1.60. The van der Waals surface area contributed by atoms with Crippen LogP contribution < -0.4 is 5.32 Å². The molecule has 0 aromatic carbocycles. The molecule has 0 radical (unpaired) electrons. The summed E-state index contributed by atoms with van der Waals surface area (Å²) in [5.74, 6) is -1.04. The first-order valence-electron chi connectivity index (χ1n) is 7.87. The van der Waals surface area contributed by atoms with Gasteiger partial charge in [0.25, 0.3) is 5.91 Å². The van der Waals surface area contributed by atoms with Crippen LogP contribution in [0.15, 0.2) is 5.38 Å². The summed E-state index contributed by atoms with van der Waals surface area (Å²) in [6, 6.07) is -0.924. The number of carboxylic acids is 1. The van der Waals surface area contributed by atoms with Gasteiger partial charge in [0.2, 0.25) is 5.91 Å². The lowest BCUT2D eigenvalue weighted by Crippen LogP contribution is -2.57. The van der Waals surface area contributed by atoms with Crippen LogP contribution in [-0.2, 0) is 22.4 Å². The van der Waals surface area contributed by atoms with Crippen LogP contribution in [0.3, 0.4) is 0 Å². The maximum absolute atomic E-state index is 12.9. The molecule has 23 heavy (non-hydrogen) atoms. The molecule has 1 aromatic heterocycles. The first-order chi connectivity index (χ1) is 11.0. The van der Waals surface area contributed by atoms with Crippen LogP contribution in [-0.4, -0.2) is 46.9 Å². The number of carbonyl (C=O) groups is 3. The summed E-state index contributed by atoms with van der Waals surface area (Å²) in [5.41, 5.74) is 1.75. The number of rotatable bonds is 3. The fourth-order valence-corrected chi connectivity index (χ4v) is 4.58. The van der Waals surface area contributed by atoms with Crippen molar-refractivity contribution in [3.63, 3.8) is 0 Å². The summed E-state index contributed by atoms with van der Waals surface area (Å²) < 4.78 is 0. The largest absolute Gasteiger partial charge is 0.481 e. The summed E-state index contributed by atoms with van der Waals surface area (Å²) in [7, 11) is 0. The van der Waals surface area contributed by atoms with E-state index < -0.39 is 12.0 Å². The number of carbonyl (C=O) groups excluding carboxylic acids is 2. The topological polar surface area (TPSA) is 86.7 Å². The third-order valence-corrected chi connectivity index (χ3v) is 5.64. The maximum atomic E-state index is 12.9. The monoisotopic (exact) mass is 336 g/mol. The lowest BCUT2D eigenvalue weighted by molar-refractivity contribution is -0.142. The van der Waals surface area contributed by atoms with E-state index in [4.69, 9.17) is 5.11 Å². The predicted molar refractivity (Wildman–Crippen MR) is 85.6 cm³/mol. The Balaban J connectivity index is 1.86. The third-order valence-electron chi connectivity index (χ3n) is 4.59. The average molecular weight is 336 g/mol. The standard InChI is InChI=1S/C16H20N2O4S/c1-9-2-3-10-11(8-23-13(10)6-9)16(22)18-5-4-17-15(21)12(18)7-14(19)20/h8-9,12H,2-7H2,1H3,(H,17,21)(H,19,20)/t9-,12+/m0/s1. The van der Waals surface area contributed by atoms with E-state index >= 15 is 0 Å². The zero-order chi connectivity index (χ0) is 16.6. The number of aliphatic carboxylic acids is 1. The van der Waals surface area contributed by atoms with Gasteiger partial charge in [0.05, 0.1) is 12.0 Å². The molecular weight excluding hydrogens is 316 g/mol. The van der Waals surface area contributed by atoms with Crippen molar-refractivity contribution < 1.29 is 19.5 Å². The second-order valence-corrected chi connectivity index (χ2v) is 7.27. The van der Waals surface area contributed by atoms with Crippen LogP contribution in [0.2, 0.25) is 0 Å². The first kappa shape index (κ1) is 16.0. The molecule has 2 heterocycles. The minimum Gasteiger partial charge on any atom is -0.481 e. The zero-order valence-electron chi connectivity index (χ0n) is 13.0. The molecule has 1 fully saturated rings. The Morgan fingerprint density at radius 2 is 2.26 bits per heavy atom. The van der Waals surface area contributed by atoms with Gasteiger partial charge in [-0.25, -0.2) is 0 Å². The van der Waals surface area contributed by atoms with Crippen molar-refractivity contribution in [1.82, 2.24) is 10.2 Å². The molecule has 0 bridgehead atoms. The number of hydrogen-bond acceptors (Lipinski definition) is 4. The summed E-state index contributed by atoms with van der Waals surface area (Å²) in [6.07, 6.45) is 2.57. The first-order valence-corrected chi connectivity index (χ1v) is 8.75. The Morgan fingerprint density at radius 1 is 1.48 bits per heavy atom. The molecule has 6 nitrogen and oxygen atoms in total. The van der Waals surface area contributed by atoms with Gasteiger partial charge in [0, 0.05) is 23.3 Å². The minimum atomic E-state index is -1.08. The van der Waals surface area contributed by atoms with E-state index in [2.05, 4.69) is 12.2 Å². The lowest BCUT2D eigenvalue weighted by Gasteiger charge is -2.34. The molecule has 3 rings (SSSR count). The van der Waals surface area contributed by atoms with E-state index in [-0.39, 0.29) is 18.2 Å². The Labute approximate surface area is 138 Å². The predicted octanol–water partition coefficient (Wildman–Crippen LogP) is 1.29. The summed E-state index contributed by atoms with van der Waals surface area (Å²) in [4.78, 5) is 38.6. The highest BCUT2D eigenvalue weighted by atomic mass is 32.1. The van der Waals surface area contributed by atoms with Crippen molar-refractivity contribution in [3.8, 4) is 0 Å². The van der Waals surface area contributed by atoms with Crippen molar-refractivity contribution in [2.24, 2.45) is 5.92 Å². The lowest BCUT2D eigenvalue weighted by atomic mass is 9.88. The normalized spacial score (nSPS) is 24.0. The molecular formula is C16H20N2O4S. The van der Waals surface area contributed by atoms with Gasteiger partial charge in [-0.15, -0.1) is 11.3 Å². The SMILES string of the molecule is C[C@H]1CCc2c(C(=O)N3CCNC(=O)[C@H]3CC(=O)O)csc2C1. The number of fused-ring (bicyclic) bond motifs is 1. The number of thiophene rings is 1. The summed E-state index contributed by atoms with van der Waals surface area (Å²) in [6.45, 7) is 2.93. The van der Waals surface area contributed by atoms with Crippen LogP contribution in [0, 0.1) is 5.92 Å². The molecule has 1 aliphatic heterocycles. The van der Waals surface area contributed by atoms with E-state index in [0.717, 1.165) is 24.8 Å². The molecule has 1 saturated heterocycles. The number of amides is 2. The van der Waals surface area contributed by atoms with Gasteiger partial charge in [-0.2, -0.15) is 0 Å². The molecule has 124 valence electrons. The van der Waals surface area contributed by atoms with Crippen molar-refractivity contribution >= 4 is 29.1 Å². The number of nitrogens with zero attached hydrogens (tertiary/aromatic N) is 1. The van der Waals surface area contributed by atoms with Gasteiger partial charge in [-0.05, 0) is 30.7 Å². The molecule has 2 atom stereocenters. The minimum absolute atomic E-state index is 0.210. The Bertz CT molecular complexity index is 655. The van der Waals surface area contributed by atoms with Crippen molar-refractivity contribution in [2.75, 3.05) is 13.1 Å². The van der Waals surface area contributed by atoms with E-state index in [0.29, 0.717) is 24.6 Å². The fourth-order valence-electron chi connectivity index (χ4n) is 3.34. The van der Waals surface area contributed by atoms with Gasteiger partial charge in [-0.3, -0.25) is 14.4 Å². The quantitative estimate of drug-likeness (QED) is 0.871. The molecule has 2 aliphatic rings. The molecule has 2 amide bonds. The van der Waals surface area contributed by atoms with Crippen LogP contribution in [0.25, 0.3) is 0 Å². The van der Waals surface area contributed by atoms with Crippen LogP contribution in [0.1, 0.15) is 40.6 Å². The molecule has 0 unspecified atom stereocenters. The number of nitrogens with one attached hydrogen (secondary N) is 1. The van der Waals surface area contributed by atoms with E-state index in [1.165, 1.54) is 9.78 Å². The molecule has 0 spiro atoms. The molecule has 1 aliphatic carbocycles. The second kappa shape index (κ2) is 6.31. The zero-order valence-corrected chi connectivity index (χ0v) is 13.8. The van der Waals surface area contributed by atoms with Crippen LogP contribution in [0.5, 0.6) is 0 Å². The van der Waals surface area contributed by atoms with Crippen LogP contribution in [0.4, 0.5) is 0 Å². The average Bonchev–Trinajstić information content (AvgIpc) is 2.91. The Hall–Kier alpha value is -1.89. The van der Waals surface area contributed by atoms with Crippen molar-refractivity contribution in [2.45, 2.75) is 38.6 Å². The van der Waals surface area contributed by atoms with Gasteiger partial charge in [0.1, 0.15) is 6.04 Å². The molecule has 0 saturated carbocycles. The highest BCUT2D eigenvalue weighted by Crippen LogP contribution is 2.33. The molecule has 2 N–H and O–H groups in total. The smallest absolute Gasteiger partial charge is 0.305 e. The fraction of sp³-hybridized carbons (Fsp3) is 0.562.